The fraction of sp³-hybridized carbons (Fsp3) is 0.158. The molecule has 0 fully saturated rings. The lowest BCUT2D eigenvalue weighted by Crippen LogP contribution is -2.14. The molecule has 0 aliphatic carbocycles. The number of nitro benzene ring substituents is 1. The van der Waals surface area contributed by atoms with Crippen LogP contribution in [0.4, 0.5) is 11.4 Å². The highest BCUT2D eigenvalue weighted by atomic mass is 32.2. The number of carbonyl (C=O) groups is 1. The predicted molar refractivity (Wildman–Crippen MR) is 105 cm³/mol. The first-order chi connectivity index (χ1) is 13.1. The first-order valence-electron chi connectivity index (χ1n) is 8.36. The molecule has 8 heteroatoms. The summed E-state index contributed by atoms with van der Waals surface area (Å²) in [6, 6.07) is 13.9. The summed E-state index contributed by atoms with van der Waals surface area (Å²) in [5, 5.41) is 14.3. The van der Waals surface area contributed by atoms with E-state index >= 15 is 0 Å². The Morgan fingerprint density at radius 3 is 2.52 bits per heavy atom. The number of aryl methyl sites for hydroxylation is 1. The van der Waals surface area contributed by atoms with Crippen molar-refractivity contribution in [2.24, 2.45) is 0 Å². The van der Waals surface area contributed by atoms with Crippen LogP contribution in [-0.2, 0) is 11.2 Å². The number of aromatic nitrogens is 2. The van der Waals surface area contributed by atoms with Crippen molar-refractivity contribution in [3.63, 3.8) is 0 Å². The fourth-order valence-corrected chi connectivity index (χ4v) is 3.25. The van der Waals surface area contributed by atoms with Crippen molar-refractivity contribution in [1.29, 1.82) is 0 Å². The molecule has 3 rings (SSSR count). The summed E-state index contributed by atoms with van der Waals surface area (Å²) in [7, 11) is 0. The van der Waals surface area contributed by atoms with E-state index in [1.54, 1.807) is 29.1 Å². The van der Waals surface area contributed by atoms with Crippen LogP contribution in [0.2, 0.25) is 0 Å². The highest BCUT2D eigenvalue weighted by molar-refractivity contribution is 7.99. The minimum absolute atomic E-state index is 0.0292. The monoisotopic (exact) mass is 382 g/mol. The lowest BCUT2D eigenvalue weighted by Gasteiger charge is -2.08. The van der Waals surface area contributed by atoms with E-state index in [-0.39, 0.29) is 17.3 Å². The maximum Gasteiger partial charge on any atom is 0.269 e. The third kappa shape index (κ3) is 4.73. The van der Waals surface area contributed by atoms with Gasteiger partial charge in [0.1, 0.15) is 0 Å². The number of non-ortho nitro benzene ring substituents is 1. The average molecular weight is 382 g/mol. The van der Waals surface area contributed by atoms with Crippen LogP contribution in [0.1, 0.15) is 12.5 Å². The number of amides is 1. The smallest absolute Gasteiger partial charge is 0.269 e. The molecule has 27 heavy (non-hydrogen) atoms. The van der Waals surface area contributed by atoms with Crippen LogP contribution >= 0.6 is 11.8 Å². The van der Waals surface area contributed by atoms with Gasteiger partial charge in [0, 0.05) is 35.9 Å². The molecule has 0 aliphatic rings. The first-order valence-corrected chi connectivity index (χ1v) is 9.35. The van der Waals surface area contributed by atoms with E-state index in [1.165, 1.54) is 29.5 Å². The van der Waals surface area contributed by atoms with Crippen LogP contribution in [0.15, 0.2) is 66.1 Å². The standard InChI is InChI=1S/C19H18N4O3S/c1-2-14-3-5-15(6-4-14)21-18(24)13-27-19-20-11-12-22(19)16-7-9-17(10-8-16)23(25)26/h3-12H,2,13H2,1H3,(H,21,24). The van der Waals surface area contributed by atoms with Crippen molar-refractivity contribution in [3.05, 3.63) is 76.6 Å². The molecule has 3 aromatic rings. The van der Waals surface area contributed by atoms with Gasteiger partial charge in [0.15, 0.2) is 5.16 Å². The highest BCUT2D eigenvalue weighted by Gasteiger charge is 2.11. The van der Waals surface area contributed by atoms with Gasteiger partial charge in [0.2, 0.25) is 5.91 Å². The number of rotatable bonds is 7. The van der Waals surface area contributed by atoms with E-state index in [0.29, 0.717) is 5.16 Å². The summed E-state index contributed by atoms with van der Waals surface area (Å²) >= 11 is 1.30. The van der Waals surface area contributed by atoms with E-state index in [4.69, 9.17) is 0 Å². The van der Waals surface area contributed by atoms with Gasteiger partial charge >= 0.3 is 0 Å². The lowest BCUT2D eigenvalue weighted by atomic mass is 10.1. The Balaban J connectivity index is 1.62. The van der Waals surface area contributed by atoms with Crippen molar-refractivity contribution in [2.75, 3.05) is 11.1 Å². The molecule has 1 amide bonds. The topological polar surface area (TPSA) is 90.1 Å². The number of nitrogens with one attached hydrogen (secondary N) is 1. The molecule has 0 bridgehead atoms. The normalized spacial score (nSPS) is 10.6. The van der Waals surface area contributed by atoms with Crippen molar-refractivity contribution >= 4 is 29.0 Å². The van der Waals surface area contributed by atoms with E-state index in [1.807, 2.05) is 24.3 Å². The molecule has 1 heterocycles. The quantitative estimate of drug-likeness (QED) is 0.378. The summed E-state index contributed by atoms with van der Waals surface area (Å²) in [6.07, 6.45) is 4.34. The molecular formula is C19H18N4O3S. The Hall–Kier alpha value is -3.13. The van der Waals surface area contributed by atoms with Crippen molar-refractivity contribution in [3.8, 4) is 5.69 Å². The van der Waals surface area contributed by atoms with Gasteiger partial charge in [-0.1, -0.05) is 30.8 Å². The number of thioether (sulfide) groups is 1. The van der Waals surface area contributed by atoms with Crippen LogP contribution in [0, 0.1) is 10.1 Å². The molecular weight excluding hydrogens is 364 g/mol. The van der Waals surface area contributed by atoms with Crippen LogP contribution in [-0.4, -0.2) is 26.1 Å². The van der Waals surface area contributed by atoms with Gasteiger partial charge in [-0.2, -0.15) is 0 Å². The van der Waals surface area contributed by atoms with Gasteiger partial charge in [-0.05, 0) is 36.2 Å². The van der Waals surface area contributed by atoms with E-state index in [9.17, 15) is 14.9 Å². The number of nitrogens with zero attached hydrogens (tertiary/aromatic N) is 3. The Morgan fingerprint density at radius 2 is 1.89 bits per heavy atom. The molecule has 1 N–H and O–H groups in total. The zero-order valence-electron chi connectivity index (χ0n) is 14.7. The molecule has 0 aliphatic heterocycles. The summed E-state index contributed by atoms with van der Waals surface area (Å²) < 4.78 is 1.79. The number of hydrogen-bond donors (Lipinski definition) is 1. The second-order valence-electron chi connectivity index (χ2n) is 5.74. The zero-order valence-corrected chi connectivity index (χ0v) is 15.5. The van der Waals surface area contributed by atoms with Gasteiger partial charge in [0.05, 0.1) is 10.7 Å². The zero-order chi connectivity index (χ0) is 19.2. The summed E-state index contributed by atoms with van der Waals surface area (Å²) in [6.45, 7) is 2.08. The Labute approximate surface area is 160 Å². The van der Waals surface area contributed by atoms with Gasteiger partial charge in [-0.15, -0.1) is 0 Å². The average Bonchev–Trinajstić information content (AvgIpc) is 3.15. The molecule has 0 saturated heterocycles. The third-order valence-corrected chi connectivity index (χ3v) is 4.89. The molecule has 0 spiro atoms. The Morgan fingerprint density at radius 1 is 1.19 bits per heavy atom. The SMILES string of the molecule is CCc1ccc(NC(=O)CSc2nccn2-c2ccc([N+](=O)[O-])cc2)cc1. The van der Waals surface area contributed by atoms with Gasteiger partial charge in [-0.3, -0.25) is 19.5 Å². The van der Waals surface area contributed by atoms with E-state index in [2.05, 4.69) is 17.2 Å². The van der Waals surface area contributed by atoms with Crippen molar-refractivity contribution in [1.82, 2.24) is 9.55 Å². The predicted octanol–water partition coefficient (Wildman–Crippen LogP) is 4.07. The van der Waals surface area contributed by atoms with Crippen LogP contribution in [0.3, 0.4) is 0 Å². The molecule has 7 nitrogen and oxygen atoms in total. The van der Waals surface area contributed by atoms with Crippen LogP contribution in [0.5, 0.6) is 0 Å². The molecule has 1 aromatic heterocycles. The number of nitro groups is 1. The van der Waals surface area contributed by atoms with Crippen molar-refractivity contribution in [2.45, 2.75) is 18.5 Å². The molecule has 2 aromatic carbocycles. The summed E-state index contributed by atoms with van der Waals surface area (Å²) in [5.41, 5.74) is 2.75. The lowest BCUT2D eigenvalue weighted by molar-refractivity contribution is -0.384. The Kier molecular flexibility index (Phi) is 5.87. The number of hydrogen-bond acceptors (Lipinski definition) is 5. The van der Waals surface area contributed by atoms with Gasteiger partial charge in [0.25, 0.3) is 5.69 Å². The number of imidazole rings is 1. The van der Waals surface area contributed by atoms with E-state index < -0.39 is 4.92 Å². The van der Waals surface area contributed by atoms with Crippen LogP contribution < -0.4 is 5.32 Å². The molecule has 0 saturated carbocycles. The molecule has 0 radical (unpaired) electrons. The minimum atomic E-state index is -0.440. The second kappa shape index (κ2) is 8.50. The Bertz CT molecular complexity index is 936. The largest absolute Gasteiger partial charge is 0.325 e. The number of benzene rings is 2. The van der Waals surface area contributed by atoms with Gasteiger partial charge < -0.3 is 5.32 Å². The molecule has 0 unspecified atom stereocenters. The molecule has 138 valence electrons. The molecule has 0 atom stereocenters. The van der Waals surface area contributed by atoms with Crippen LogP contribution in [0.25, 0.3) is 5.69 Å². The van der Waals surface area contributed by atoms with Gasteiger partial charge in [-0.25, -0.2) is 4.98 Å². The number of carbonyl (C=O) groups excluding carboxylic acids is 1. The highest BCUT2D eigenvalue weighted by Crippen LogP contribution is 2.22. The third-order valence-electron chi connectivity index (χ3n) is 3.92. The van der Waals surface area contributed by atoms with Crippen molar-refractivity contribution < 1.29 is 9.72 Å². The second-order valence-corrected chi connectivity index (χ2v) is 6.68. The maximum atomic E-state index is 12.2. The maximum absolute atomic E-state index is 12.2. The fourth-order valence-electron chi connectivity index (χ4n) is 2.48. The number of anilines is 1. The van der Waals surface area contributed by atoms with E-state index in [0.717, 1.165) is 17.8 Å². The minimum Gasteiger partial charge on any atom is -0.325 e. The summed E-state index contributed by atoms with van der Waals surface area (Å²) in [5.74, 6) is 0.0852. The summed E-state index contributed by atoms with van der Waals surface area (Å²) in [4.78, 5) is 26.8. The first kappa shape index (κ1) is 18.7.